The minimum atomic E-state index is -3.84. The van der Waals surface area contributed by atoms with Gasteiger partial charge in [0.2, 0.25) is 15.1 Å². The molecule has 2 heterocycles. The number of carbonyl (C=O) groups excluding carboxylic acids is 1. The zero-order chi connectivity index (χ0) is 18.6. The second-order valence-electron chi connectivity index (χ2n) is 4.78. The van der Waals surface area contributed by atoms with E-state index in [0.29, 0.717) is 20.1 Å². The molecule has 1 N–H and O–H groups in total. The van der Waals surface area contributed by atoms with Gasteiger partial charge in [-0.25, -0.2) is 13.4 Å². The number of esters is 1. The molecule has 136 valence electrons. The number of rotatable bonds is 8. The average Bonchev–Trinajstić information content (AvgIpc) is 3.06. The lowest BCUT2D eigenvalue weighted by Crippen LogP contribution is -2.19. The van der Waals surface area contributed by atoms with Crippen LogP contribution in [0.25, 0.3) is 0 Å². The number of sulfonamides is 1. The quantitative estimate of drug-likeness (QED) is 0.420. The van der Waals surface area contributed by atoms with Crippen molar-refractivity contribution in [3.63, 3.8) is 0 Å². The van der Waals surface area contributed by atoms with E-state index in [9.17, 15) is 13.2 Å². The van der Waals surface area contributed by atoms with E-state index in [1.54, 1.807) is 6.07 Å². The zero-order valence-corrected chi connectivity index (χ0v) is 17.8. The minimum Gasteiger partial charge on any atom is -0.414 e. The third-order valence-corrected chi connectivity index (χ3v) is 8.10. The highest BCUT2D eigenvalue weighted by atomic mass is 79.9. The van der Waals surface area contributed by atoms with Crippen molar-refractivity contribution in [2.45, 2.75) is 25.0 Å². The number of halogens is 2. The van der Waals surface area contributed by atoms with Crippen LogP contribution in [0.15, 0.2) is 29.4 Å². The first-order chi connectivity index (χ1) is 11.8. The number of thiophene rings is 1. The summed E-state index contributed by atoms with van der Waals surface area (Å²) >= 11 is 11.3. The molecule has 2 aromatic heterocycles. The van der Waals surface area contributed by atoms with Crippen LogP contribution in [0.4, 0.5) is 5.13 Å². The number of ether oxygens (including phenoxy) is 1. The maximum atomic E-state index is 12.6. The maximum absolute atomic E-state index is 12.6. The molecular formula is C14H14BrClN2O4S3. The largest absolute Gasteiger partial charge is 0.414 e. The molecule has 1 atom stereocenters. The van der Waals surface area contributed by atoms with E-state index >= 15 is 0 Å². The number of nitrogens with one attached hydrogen (secondary N) is 1. The van der Waals surface area contributed by atoms with Crippen molar-refractivity contribution < 1.29 is 17.9 Å². The molecule has 1 unspecified atom stereocenters. The third-order valence-electron chi connectivity index (χ3n) is 2.88. The first-order valence-corrected chi connectivity index (χ1v) is 11.4. The summed E-state index contributed by atoms with van der Waals surface area (Å²) in [6.45, 7) is 5.45. The topological polar surface area (TPSA) is 85.4 Å². The smallest absolute Gasteiger partial charge is 0.312 e. The molecule has 0 fully saturated rings. The highest BCUT2D eigenvalue weighted by Crippen LogP contribution is 2.39. The van der Waals surface area contributed by atoms with Gasteiger partial charge in [-0.1, -0.05) is 35.9 Å². The Morgan fingerprint density at radius 3 is 2.84 bits per heavy atom. The molecule has 0 aromatic carbocycles. The zero-order valence-electron chi connectivity index (χ0n) is 13.0. The Labute approximate surface area is 167 Å². The predicted molar refractivity (Wildman–Crippen MR) is 105 cm³/mol. The number of carbonyl (C=O) groups is 1. The summed E-state index contributed by atoms with van der Waals surface area (Å²) in [5.41, 5.74) is 0. The second kappa shape index (κ2) is 8.63. The Balaban J connectivity index is 2.16. The van der Waals surface area contributed by atoms with Crippen molar-refractivity contribution in [1.82, 2.24) is 4.98 Å². The van der Waals surface area contributed by atoms with Crippen molar-refractivity contribution in [2.24, 2.45) is 0 Å². The van der Waals surface area contributed by atoms with E-state index in [4.69, 9.17) is 16.3 Å². The first-order valence-electron chi connectivity index (χ1n) is 7.02. The molecule has 0 saturated carbocycles. The van der Waals surface area contributed by atoms with Crippen LogP contribution in [0.2, 0.25) is 4.34 Å². The van der Waals surface area contributed by atoms with Gasteiger partial charge < -0.3 is 4.74 Å². The summed E-state index contributed by atoms with van der Waals surface area (Å²) in [5.74, 6) is -0.386. The monoisotopic (exact) mass is 484 g/mol. The molecule has 0 radical (unpaired) electrons. The Kier molecular flexibility index (Phi) is 7.03. The van der Waals surface area contributed by atoms with Gasteiger partial charge in [0.15, 0.2) is 5.13 Å². The number of anilines is 1. The van der Waals surface area contributed by atoms with Crippen LogP contribution in [0, 0.1) is 0 Å². The highest BCUT2D eigenvalue weighted by Gasteiger charge is 2.28. The molecule has 0 saturated heterocycles. The molecule has 0 spiro atoms. The fourth-order valence-electron chi connectivity index (χ4n) is 1.81. The summed E-state index contributed by atoms with van der Waals surface area (Å²) in [6, 6.07) is 1.64. The lowest BCUT2D eigenvalue weighted by Gasteiger charge is -2.12. The normalized spacial score (nSPS) is 12.6. The van der Waals surface area contributed by atoms with Gasteiger partial charge in [-0.3, -0.25) is 9.52 Å². The highest BCUT2D eigenvalue weighted by molar-refractivity contribution is 9.10. The fourth-order valence-corrected chi connectivity index (χ4v) is 6.15. The van der Waals surface area contributed by atoms with Gasteiger partial charge in [0.25, 0.3) is 0 Å². The molecule has 0 aliphatic carbocycles. The summed E-state index contributed by atoms with van der Waals surface area (Å²) in [6.07, 6.45) is 3.56. The summed E-state index contributed by atoms with van der Waals surface area (Å²) < 4.78 is 33.8. The molecular weight excluding hydrogens is 472 g/mol. The first kappa shape index (κ1) is 20.4. The van der Waals surface area contributed by atoms with Crippen molar-refractivity contribution in [3.8, 4) is 5.06 Å². The molecule has 0 bridgehead atoms. The SMILES string of the molecule is C=CC(c1cc(Br)c(Cl)s1)S(=O)(=O)Nc1ncc(OC(=O)CCC)s1. The standard InChI is InChI=1S/C14H14BrClN2O4S3/c1-3-5-11(19)22-12-7-17-14(24-12)18-25(20,21)10(4-2)9-6-8(15)13(16)23-9/h4,6-7,10H,2-3,5H2,1H3,(H,17,18). The molecule has 2 aromatic rings. The predicted octanol–water partition coefficient (Wildman–Crippen LogP) is 5.00. The van der Waals surface area contributed by atoms with Gasteiger partial charge in [0, 0.05) is 15.8 Å². The molecule has 0 aliphatic rings. The van der Waals surface area contributed by atoms with E-state index < -0.39 is 15.3 Å². The van der Waals surface area contributed by atoms with Gasteiger partial charge in [-0.05, 0) is 28.4 Å². The van der Waals surface area contributed by atoms with Gasteiger partial charge in [-0.15, -0.1) is 17.9 Å². The van der Waals surface area contributed by atoms with Crippen molar-refractivity contribution in [3.05, 3.63) is 38.6 Å². The van der Waals surface area contributed by atoms with Crippen LogP contribution >= 0.6 is 50.2 Å². The van der Waals surface area contributed by atoms with Crippen molar-refractivity contribution in [1.29, 1.82) is 0 Å². The fraction of sp³-hybridized carbons (Fsp3) is 0.286. The van der Waals surface area contributed by atoms with Crippen LogP contribution in [0.5, 0.6) is 5.06 Å². The maximum Gasteiger partial charge on any atom is 0.312 e. The number of hydrogen-bond acceptors (Lipinski definition) is 7. The van der Waals surface area contributed by atoms with Crippen LogP contribution in [0.1, 0.15) is 29.9 Å². The van der Waals surface area contributed by atoms with Gasteiger partial charge in [-0.2, -0.15) is 0 Å². The van der Waals surface area contributed by atoms with Crippen LogP contribution in [-0.4, -0.2) is 19.4 Å². The summed E-state index contributed by atoms with van der Waals surface area (Å²) in [5, 5.41) is -0.655. The molecule has 0 amide bonds. The molecule has 2 rings (SSSR count). The van der Waals surface area contributed by atoms with Crippen LogP contribution < -0.4 is 9.46 Å². The lowest BCUT2D eigenvalue weighted by molar-refractivity contribution is -0.134. The van der Waals surface area contributed by atoms with Gasteiger partial charge in [0.05, 0.1) is 6.20 Å². The van der Waals surface area contributed by atoms with E-state index in [1.165, 1.54) is 12.3 Å². The minimum absolute atomic E-state index is 0.105. The second-order valence-corrected chi connectivity index (χ2v) is 10.1. The summed E-state index contributed by atoms with van der Waals surface area (Å²) in [7, 11) is -3.84. The van der Waals surface area contributed by atoms with Crippen molar-refractivity contribution in [2.75, 3.05) is 4.72 Å². The number of hydrogen-bond donors (Lipinski definition) is 1. The number of thiazole rings is 1. The van der Waals surface area contributed by atoms with E-state index in [-0.39, 0.29) is 22.6 Å². The molecule has 25 heavy (non-hydrogen) atoms. The Bertz CT molecular complexity index is 859. The van der Waals surface area contributed by atoms with Gasteiger partial charge in [0.1, 0.15) is 9.59 Å². The summed E-state index contributed by atoms with van der Waals surface area (Å²) in [4.78, 5) is 15.9. The Morgan fingerprint density at radius 1 is 1.56 bits per heavy atom. The van der Waals surface area contributed by atoms with E-state index in [0.717, 1.165) is 22.7 Å². The van der Waals surface area contributed by atoms with E-state index in [2.05, 4.69) is 32.2 Å². The van der Waals surface area contributed by atoms with Crippen LogP contribution in [0.3, 0.4) is 0 Å². The molecule has 6 nitrogen and oxygen atoms in total. The van der Waals surface area contributed by atoms with Crippen LogP contribution in [-0.2, 0) is 14.8 Å². The number of aromatic nitrogens is 1. The Hall–Kier alpha value is -0.940. The lowest BCUT2D eigenvalue weighted by atomic mass is 10.3. The molecule has 0 aliphatic heterocycles. The van der Waals surface area contributed by atoms with Gasteiger partial charge >= 0.3 is 5.97 Å². The number of nitrogens with zero attached hydrogens (tertiary/aromatic N) is 1. The third kappa shape index (κ3) is 5.27. The van der Waals surface area contributed by atoms with E-state index in [1.807, 2.05) is 6.92 Å². The van der Waals surface area contributed by atoms with Crippen molar-refractivity contribution >= 4 is 71.3 Å². The average molecular weight is 486 g/mol. The Morgan fingerprint density at radius 2 is 2.28 bits per heavy atom. The molecule has 11 heteroatoms.